The van der Waals surface area contributed by atoms with E-state index in [4.69, 9.17) is 0 Å². The molecule has 0 aromatic carbocycles. The van der Waals surface area contributed by atoms with Crippen molar-refractivity contribution in [3.63, 3.8) is 0 Å². The minimum Gasteiger partial charge on any atom is -0.392 e. The Labute approximate surface area is 117 Å². The molecule has 2 heterocycles. The Morgan fingerprint density at radius 3 is 3.00 bits per heavy atom. The van der Waals surface area contributed by atoms with E-state index in [1.807, 2.05) is 23.1 Å². The Hall–Kier alpha value is -0.0300. The monoisotopic (exact) mass is 283 g/mol. The van der Waals surface area contributed by atoms with Crippen LogP contribution in [0.4, 0.5) is 0 Å². The van der Waals surface area contributed by atoms with Gasteiger partial charge in [0.15, 0.2) is 0 Å². The average Bonchev–Trinajstić information content (AvgIpc) is 2.80. The second kappa shape index (κ2) is 5.53. The van der Waals surface area contributed by atoms with E-state index in [0.29, 0.717) is 17.3 Å². The van der Waals surface area contributed by atoms with E-state index in [1.54, 1.807) is 0 Å². The van der Waals surface area contributed by atoms with Crippen LogP contribution in [0.3, 0.4) is 0 Å². The van der Waals surface area contributed by atoms with Crippen molar-refractivity contribution >= 4 is 23.1 Å². The molecule has 1 aromatic rings. The zero-order valence-corrected chi connectivity index (χ0v) is 12.4. The summed E-state index contributed by atoms with van der Waals surface area (Å²) >= 11 is 3.86. The van der Waals surface area contributed by atoms with Gasteiger partial charge in [-0.2, -0.15) is 0 Å². The van der Waals surface area contributed by atoms with Gasteiger partial charge in [0.25, 0.3) is 0 Å². The molecular weight excluding hydrogens is 262 g/mol. The SMILES string of the molecule is C[C@H]1CC(NC2CCCCC2O)c2ccsc2S1. The maximum absolute atomic E-state index is 10.1. The number of hydrogen-bond acceptors (Lipinski definition) is 4. The van der Waals surface area contributed by atoms with Gasteiger partial charge in [-0.1, -0.05) is 19.8 Å². The first-order valence-corrected chi connectivity index (χ1v) is 8.68. The maximum atomic E-state index is 10.1. The van der Waals surface area contributed by atoms with Gasteiger partial charge in [0.05, 0.1) is 10.3 Å². The second-order valence-corrected chi connectivity index (χ2v) is 8.13. The van der Waals surface area contributed by atoms with Crippen molar-refractivity contribution in [1.82, 2.24) is 5.32 Å². The van der Waals surface area contributed by atoms with Gasteiger partial charge in [-0.05, 0) is 36.3 Å². The van der Waals surface area contributed by atoms with Gasteiger partial charge in [0.1, 0.15) is 0 Å². The largest absolute Gasteiger partial charge is 0.392 e. The maximum Gasteiger partial charge on any atom is 0.0693 e. The fourth-order valence-electron chi connectivity index (χ4n) is 3.07. The Balaban J connectivity index is 1.73. The van der Waals surface area contributed by atoms with Crippen LogP contribution < -0.4 is 5.32 Å². The summed E-state index contributed by atoms with van der Waals surface area (Å²) in [6.45, 7) is 2.30. The third-order valence-electron chi connectivity index (χ3n) is 4.05. The number of aliphatic hydroxyl groups excluding tert-OH is 1. The van der Waals surface area contributed by atoms with Gasteiger partial charge in [-0.25, -0.2) is 0 Å². The van der Waals surface area contributed by atoms with E-state index in [0.717, 1.165) is 12.8 Å². The van der Waals surface area contributed by atoms with Gasteiger partial charge >= 0.3 is 0 Å². The molecule has 0 saturated heterocycles. The van der Waals surface area contributed by atoms with Gasteiger partial charge in [0, 0.05) is 17.3 Å². The molecule has 2 aliphatic rings. The summed E-state index contributed by atoms with van der Waals surface area (Å²) in [5.41, 5.74) is 1.46. The number of hydrogen-bond donors (Lipinski definition) is 2. The number of rotatable bonds is 2. The average molecular weight is 283 g/mol. The molecule has 4 atom stereocenters. The minimum atomic E-state index is -0.147. The highest BCUT2D eigenvalue weighted by molar-refractivity contribution is 8.01. The van der Waals surface area contributed by atoms with E-state index in [2.05, 4.69) is 23.7 Å². The summed E-state index contributed by atoms with van der Waals surface area (Å²) in [5.74, 6) is 0. The molecule has 3 rings (SSSR count). The highest BCUT2D eigenvalue weighted by Gasteiger charge is 2.31. The topological polar surface area (TPSA) is 32.3 Å². The Morgan fingerprint density at radius 2 is 2.17 bits per heavy atom. The van der Waals surface area contributed by atoms with E-state index >= 15 is 0 Å². The standard InChI is InChI=1S/C14H21NOS2/c1-9-8-12(10-6-7-17-14(10)18-9)15-11-4-2-3-5-13(11)16/h6-7,9,11-13,15-16H,2-5,8H2,1H3/t9-,11?,12?,13?/m0/s1. The van der Waals surface area contributed by atoms with Gasteiger partial charge in [-0.15, -0.1) is 23.1 Å². The molecule has 4 heteroatoms. The lowest BCUT2D eigenvalue weighted by Gasteiger charge is -2.35. The lowest BCUT2D eigenvalue weighted by atomic mass is 9.91. The Bertz CT molecular complexity index is 406. The fraction of sp³-hybridized carbons (Fsp3) is 0.714. The van der Waals surface area contributed by atoms with Crippen molar-refractivity contribution in [2.24, 2.45) is 0 Å². The molecule has 0 bridgehead atoms. The molecule has 100 valence electrons. The quantitative estimate of drug-likeness (QED) is 0.870. The zero-order chi connectivity index (χ0) is 12.5. The summed E-state index contributed by atoms with van der Waals surface area (Å²) in [4.78, 5) is 0. The minimum absolute atomic E-state index is 0.147. The van der Waals surface area contributed by atoms with Crippen molar-refractivity contribution in [3.8, 4) is 0 Å². The number of thiophene rings is 1. The van der Waals surface area contributed by atoms with Crippen molar-refractivity contribution in [1.29, 1.82) is 0 Å². The molecule has 0 radical (unpaired) electrons. The third kappa shape index (κ3) is 2.62. The summed E-state index contributed by atoms with van der Waals surface area (Å²) in [5, 5.41) is 16.7. The molecule has 0 spiro atoms. The van der Waals surface area contributed by atoms with E-state index < -0.39 is 0 Å². The molecule has 1 fully saturated rings. The molecule has 0 amide bonds. The second-order valence-electron chi connectivity index (χ2n) is 5.51. The van der Waals surface area contributed by atoms with Crippen molar-refractivity contribution in [2.75, 3.05) is 0 Å². The molecular formula is C14H21NOS2. The molecule has 1 aliphatic heterocycles. The molecule has 2 nitrogen and oxygen atoms in total. The predicted octanol–water partition coefficient (Wildman–Crippen LogP) is 3.57. The Kier molecular flexibility index (Phi) is 3.99. The number of aliphatic hydroxyl groups is 1. The molecule has 1 aromatic heterocycles. The highest BCUT2D eigenvalue weighted by Crippen LogP contribution is 2.44. The van der Waals surface area contributed by atoms with Crippen LogP contribution in [0.1, 0.15) is 50.6 Å². The fourth-order valence-corrected chi connectivity index (χ4v) is 5.64. The smallest absolute Gasteiger partial charge is 0.0693 e. The first-order chi connectivity index (χ1) is 8.74. The van der Waals surface area contributed by atoms with Gasteiger partial charge in [-0.3, -0.25) is 0 Å². The molecule has 2 N–H and O–H groups in total. The van der Waals surface area contributed by atoms with Crippen LogP contribution in [0.5, 0.6) is 0 Å². The van der Waals surface area contributed by atoms with E-state index in [1.165, 1.54) is 29.0 Å². The lowest BCUT2D eigenvalue weighted by molar-refractivity contribution is 0.0838. The molecule has 1 aliphatic carbocycles. The van der Waals surface area contributed by atoms with Crippen molar-refractivity contribution < 1.29 is 5.11 Å². The summed E-state index contributed by atoms with van der Waals surface area (Å²) in [6.07, 6.45) is 5.55. The van der Waals surface area contributed by atoms with Crippen LogP contribution >= 0.6 is 23.1 Å². The summed E-state index contributed by atoms with van der Waals surface area (Å²) in [6, 6.07) is 3.00. The number of nitrogens with one attached hydrogen (secondary N) is 1. The van der Waals surface area contributed by atoms with Crippen LogP contribution in [0, 0.1) is 0 Å². The molecule has 3 unspecified atom stereocenters. The first kappa shape index (κ1) is 13.0. The highest BCUT2D eigenvalue weighted by atomic mass is 32.2. The zero-order valence-electron chi connectivity index (χ0n) is 10.8. The summed E-state index contributed by atoms with van der Waals surface area (Å²) < 4.78 is 1.47. The van der Waals surface area contributed by atoms with Crippen LogP contribution in [-0.4, -0.2) is 22.5 Å². The molecule has 1 saturated carbocycles. The van der Waals surface area contributed by atoms with Crippen molar-refractivity contribution in [3.05, 3.63) is 17.0 Å². The van der Waals surface area contributed by atoms with Crippen LogP contribution in [-0.2, 0) is 0 Å². The van der Waals surface area contributed by atoms with E-state index in [9.17, 15) is 5.11 Å². The Morgan fingerprint density at radius 1 is 1.33 bits per heavy atom. The van der Waals surface area contributed by atoms with Crippen LogP contribution in [0.2, 0.25) is 0 Å². The first-order valence-electron chi connectivity index (χ1n) is 6.92. The summed E-state index contributed by atoms with van der Waals surface area (Å²) in [7, 11) is 0. The third-order valence-corrected chi connectivity index (χ3v) is 6.40. The normalized spacial score (nSPS) is 36.3. The lowest BCUT2D eigenvalue weighted by Crippen LogP contribution is -2.44. The van der Waals surface area contributed by atoms with Crippen LogP contribution in [0.15, 0.2) is 15.7 Å². The van der Waals surface area contributed by atoms with Gasteiger partial charge < -0.3 is 10.4 Å². The van der Waals surface area contributed by atoms with Gasteiger partial charge in [0.2, 0.25) is 0 Å². The van der Waals surface area contributed by atoms with E-state index in [-0.39, 0.29) is 6.10 Å². The number of fused-ring (bicyclic) bond motifs is 1. The number of thioether (sulfide) groups is 1. The predicted molar refractivity (Wildman–Crippen MR) is 78.4 cm³/mol. The van der Waals surface area contributed by atoms with Crippen LogP contribution in [0.25, 0.3) is 0 Å². The molecule has 18 heavy (non-hydrogen) atoms. The van der Waals surface area contributed by atoms with Crippen molar-refractivity contribution in [2.45, 2.75) is 66.7 Å².